The van der Waals surface area contributed by atoms with Crippen LogP contribution in [0.5, 0.6) is 0 Å². The minimum Gasteiger partial charge on any atom is -0.381 e. The highest BCUT2D eigenvalue weighted by atomic mass is 16.5. The van der Waals surface area contributed by atoms with Gasteiger partial charge in [0.25, 0.3) is 0 Å². The average Bonchev–Trinajstić information content (AvgIpc) is 2.98. The smallest absolute Gasteiger partial charge is 0.229 e. The molecule has 24 heavy (non-hydrogen) atoms. The lowest BCUT2D eigenvalue weighted by Gasteiger charge is -2.31. The maximum Gasteiger partial charge on any atom is 0.229 e. The number of carbonyl (C=O) groups is 2. The fraction of sp³-hybridized carbons (Fsp3) is 0.556. The Bertz CT molecular complexity index is 594. The van der Waals surface area contributed by atoms with E-state index in [4.69, 9.17) is 4.74 Å². The second kappa shape index (κ2) is 7.21. The van der Waals surface area contributed by atoms with E-state index in [0.29, 0.717) is 26.2 Å². The molecular weight excluding hydrogens is 306 g/mol. The fourth-order valence-electron chi connectivity index (χ4n) is 3.34. The van der Waals surface area contributed by atoms with Crippen LogP contribution in [0.2, 0.25) is 0 Å². The highest BCUT2D eigenvalue weighted by Gasteiger charge is 2.38. The van der Waals surface area contributed by atoms with E-state index >= 15 is 0 Å². The summed E-state index contributed by atoms with van der Waals surface area (Å²) in [6, 6.07) is 7.93. The molecule has 0 aliphatic carbocycles. The summed E-state index contributed by atoms with van der Waals surface area (Å²) in [5.74, 6) is -0.255. The fourth-order valence-corrected chi connectivity index (χ4v) is 3.34. The topological polar surface area (TPSA) is 61.9 Å². The molecule has 130 valence electrons. The maximum atomic E-state index is 12.5. The van der Waals surface area contributed by atoms with Crippen molar-refractivity contribution in [3.05, 3.63) is 24.3 Å². The van der Waals surface area contributed by atoms with Crippen molar-refractivity contribution in [2.45, 2.75) is 25.3 Å². The van der Waals surface area contributed by atoms with Crippen LogP contribution in [0.25, 0.3) is 0 Å². The number of benzene rings is 1. The van der Waals surface area contributed by atoms with Crippen LogP contribution >= 0.6 is 0 Å². The quantitative estimate of drug-likeness (QED) is 0.912. The number of anilines is 2. The minimum absolute atomic E-state index is 0.0736. The van der Waals surface area contributed by atoms with Crippen molar-refractivity contribution >= 4 is 23.2 Å². The number of rotatable bonds is 4. The minimum atomic E-state index is -0.270. The molecule has 1 N–H and O–H groups in total. The van der Waals surface area contributed by atoms with Gasteiger partial charge in [-0.3, -0.25) is 9.59 Å². The number of likely N-dealkylation sites (tertiary alicyclic amines) is 1. The molecule has 0 aromatic heterocycles. The van der Waals surface area contributed by atoms with Crippen LogP contribution in [-0.4, -0.2) is 56.6 Å². The van der Waals surface area contributed by atoms with Gasteiger partial charge < -0.3 is 19.9 Å². The molecule has 1 aromatic rings. The van der Waals surface area contributed by atoms with Gasteiger partial charge in [-0.2, -0.15) is 0 Å². The summed E-state index contributed by atoms with van der Waals surface area (Å²) < 4.78 is 5.35. The normalized spacial score (nSPS) is 21.8. The SMILES string of the molecule is CN(C)c1ccc(NC(=O)C2CC(=O)N(C3CCOCC3)C2)cc1. The Balaban J connectivity index is 1.58. The van der Waals surface area contributed by atoms with E-state index in [1.807, 2.05) is 48.2 Å². The Morgan fingerprint density at radius 1 is 1.21 bits per heavy atom. The van der Waals surface area contributed by atoms with Gasteiger partial charge in [-0.15, -0.1) is 0 Å². The first-order valence-corrected chi connectivity index (χ1v) is 8.50. The molecule has 3 rings (SSSR count). The number of amides is 2. The lowest BCUT2D eigenvalue weighted by Crippen LogP contribution is -2.41. The monoisotopic (exact) mass is 331 g/mol. The zero-order valence-electron chi connectivity index (χ0n) is 14.3. The number of nitrogens with zero attached hydrogens (tertiary/aromatic N) is 2. The van der Waals surface area contributed by atoms with Crippen LogP contribution in [0.15, 0.2) is 24.3 Å². The zero-order valence-corrected chi connectivity index (χ0v) is 14.3. The van der Waals surface area contributed by atoms with Gasteiger partial charge in [0.2, 0.25) is 11.8 Å². The largest absolute Gasteiger partial charge is 0.381 e. The van der Waals surface area contributed by atoms with Gasteiger partial charge in [0.15, 0.2) is 0 Å². The Labute approximate surface area is 142 Å². The predicted molar refractivity (Wildman–Crippen MR) is 93.1 cm³/mol. The summed E-state index contributed by atoms with van der Waals surface area (Å²) in [5.41, 5.74) is 1.84. The van der Waals surface area contributed by atoms with Gasteiger partial charge in [-0.1, -0.05) is 0 Å². The molecule has 6 nitrogen and oxygen atoms in total. The number of nitrogens with one attached hydrogen (secondary N) is 1. The van der Waals surface area contributed by atoms with Crippen molar-refractivity contribution < 1.29 is 14.3 Å². The predicted octanol–water partition coefficient (Wildman–Crippen LogP) is 1.72. The number of hydrogen-bond acceptors (Lipinski definition) is 4. The van der Waals surface area contributed by atoms with E-state index in [9.17, 15) is 9.59 Å². The van der Waals surface area contributed by atoms with Crippen molar-refractivity contribution in [1.29, 1.82) is 0 Å². The highest BCUT2D eigenvalue weighted by Crippen LogP contribution is 2.26. The lowest BCUT2D eigenvalue weighted by atomic mass is 10.1. The van der Waals surface area contributed by atoms with Gasteiger partial charge in [0.05, 0.1) is 5.92 Å². The Kier molecular flexibility index (Phi) is 5.04. The number of ether oxygens (including phenoxy) is 1. The molecule has 6 heteroatoms. The van der Waals surface area contributed by atoms with Gasteiger partial charge in [0.1, 0.15) is 0 Å². The average molecular weight is 331 g/mol. The van der Waals surface area contributed by atoms with Crippen molar-refractivity contribution in [2.75, 3.05) is 44.1 Å². The Hall–Kier alpha value is -2.08. The molecule has 0 radical (unpaired) electrons. The van der Waals surface area contributed by atoms with E-state index in [-0.39, 0.29) is 23.8 Å². The molecule has 2 fully saturated rings. The molecule has 2 aliphatic heterocycles. The zero-order chi connectivity index (χ0) is 17.1. The molecule has 1 atom stereocenters. The lowest BCUT2D eigenvalue weighted by molar-refractivity contribution is -0.131. The van der Waals surface area contributed by atoms with Crippen LogP contribution in [-0.2, 0) is 14.3 Å². The molecule has 1 unspecified atom stereocenters. The summed E-state index contributed by atoms with van der Waals surface area (Å²) in [6.45, 7) is 1.91. The van der Waals surface area contributed by atoms with Crippen LogP contribution in [0, 0.1) is 5.92 Å². The second-order valence-electron chi connectivity index (χ2n) is 6.72. The van der Waals surface area contributed by atoms with E-state index in [1.54, 1.807) is 0 Å². The molecule has 0 saturated carbocycles. The van der Waals surface area contributed by atoms with E-state index < -0.39 is 0 Å². The third kappa shape index (κ3) is 3.70. The van der Waals surface area contributed by atoms with E-state index in [0.717, 1.165) is 24.2 Å². The van der Waals surface area contributed by atoms with Crippen molar-refractivity contribution in [2.24, 2.45) is 5.92 Å². The van der Waals surface area contributed by atoms with Gasteiger partial charge in [-0.25, -0.2) is 0 Å². The summed E-state index contributed by atoms with van der Waals surface area (Å²) in [5, 5.41) is 2.93. The maximum absolute atomic E-state index is 12.5. The first-order valence-electron chi connectivity index (χ1n) is 8.50. The standard InChI is InChI=1S/C18H25N3O3/c1-20(2)15-5-3-14(4-6-15)19-18(23)13-11-17(22)21(12-13)16-7-9-24-10-8-16/h3-6,13,16H,7-12H2,1-2H3,(H,19,23). The van der Waals surface area contributed by atoms with Crippen molar-refractivity contribution in [3.8, 4) is 0 Å². The molecule has 2 amide bonds. The van der Waals surface area contributed by atoms with Crippen LogP contribution in [0.4, 0.5) is 11.4 Å². The van der Waals surface area contributed by atoms with E-state index in [2.05, 4.69) is 5.32 Å². The van der Waals surface area contributed by atoms with Gasteiger partial charge in [-0.05, 0) is 37.1 Å². The molecule has 0 bridgehead atoms. The third-order valence-electron chi connectivity index (χ3n) is 4.81. The summed E-state index contributed by atoms with van der Waals surface area (Å²) in [7, 11) is 3.95. The Morgan fingerprint density at radius 2 is 1.88 bits per heavy atom. The third-order valence-corrected chi connectivity index (χ3v) is 4.81. The molecule has 0 spiro atoms. The van der Waals surface area contributed by atoms with Crippen LogP contribution in [0.3, 0.4) is 0 Å². The first-order chi connectivity index (χ1) is 11.5. The van der Waals surface area contributed by atoms with Crippen molar-refractivity contribution in [3.63, 3.8) is 0 Å². The molecule has 2 aliphatic rings. The number of hydrogen-bond donors (Lipinski definition) is 1. The molecule has 2 saturated heterocycles. The van der Waals surface area contributed by atoms with E-state index in [1.165, 1.54) is 0 Å². The number of carbonyl (C=O) groups excluding carboxylic acids is 2. The second-order valence-corrected chi connectivity index (χ2v) is 6.72. The molecule has 1 aromatic carbocycles. The highest BCUT2D eigenvalue weighted by molar-refractivity contribution is 5.97. The molecular formula is C18H25N3O3. The van der Waals surface area contributed by atoms with Gasteiger partial charge >= 0.3 is 0 Å². The van der Waals surface area contributed by atoms with Crippen LogP contribution < -0.4 is 10.2 Å². The first kappa shape index (κ1) is 16.8. The summed E-state index contributed by atoms with van der Waals surface area (Å²) in [6.07, 6.45) is 2.04. The summed E-state index contributed by atoms with van der Waals surface area (Å²) in [4.78, 5) is 28.6. The molecule has 2 heterocycles. The Morgan fingerprint density at radius 3 is 2.50 bits per heavy atom. The summed E-state index contributed by atoms with van der Waals surface area (Å²) >= 11 is 0. The van der Waals surface area contributed by atoms with Gasteiger partial charge in [0, 0.05) is 57.7 Å². The van der Waals surface area contributed by atoms with Crippen LogP contribution in [0.1, 0.15) is 19.3 Å². The van der Waals surface area contributed by atoms with Crippen molar-refractivity contribution in [1.82, 2.24) is 4.90 Å².